The Morgan fingerprint density at radius 3 is 1.48 bits per heavy atom. The van der Waals surface area contributed by atoms with Crippen LogP contribution in [0.2, 0.25) is 0 Å². The van der Waals surface area contributed by atoms with Gasteiger partial charge < -0.3 is 4.74 Å². The van der Waals surface area contributed by atoms with Crippen molar-refractivity contribution in [1.82, 2.24) is 19.6 Å². The summed E-state index contributed by atoms with van der Waals surface area (Å²) in [6.07, 6.45) is 4.04. The number of ether oxygens (including phenoxy) is 1. The summed E-state index contributed by atoms with van der Waals surface area (Å²) in [5.41, 5.74) is 2.42. The molecule has 0 spiro atoms. The highest BCUT2D eigenvalue weighted by molar-refractivity contribution is 5.10. The third-order valence-corrected chi connectivity index (χ3v) is 3.75. The summed E-state index contributed by atoms with van der Waals surface area (Å²) in [5.74, 6) is 0. The van der Waals surface area contributed by atoms with Gasteiger partial charge >= 0.3 is 0 Å². The lowest BCUT2D eigenvalue weighted by molar-refractivity contribution is 0.114. The van der Waals surface area contributed by atoms with Crippen LogP contribution in [0.4, 0.5) is 0 Å². The standard InChI is InChI=1S/C18H30N4O/c1-17(2,3)15-7-9-21(19-15)11-13-23-14-12-22-10-8-16(20-22)18(4,5)6/h7-10H,11-14H2,1-6H3. The molecule has 23 heavy (non-hydrogen) atoms. The van der Waals surface area contributed by atoms with Crippen molar-refractivity contribution in [1.29, 1.82) is 0 Å². The molecular formula is C18H30N4O. The topological polar surface area (TPSA) is 44.9 Å². The lowest BCUT2D eigenvalue weighted by Crippen LogP contribution is -2.15. The summed E-state index contributed by atoms with van der Waals surface area (Å²) in [6, 6.07) is 4.16. The first-order chi connectivity index (χ1) is 10.7. The smallest absolute Gasteiger partial charge is 0.0677 e. The van der Waals surface area contributed by atoms with Gasteiger partial charge in [0.1, 0.15) is 0 Å². The summed E-state index contributed by atoms with van der Waals surface area (Å²) < 4.78 is 9.61. The maximum absolute atomic E-state index is 5.71. The van der Waals surface area contributed by atoms with Crippen molar-refractivity contribution < 1.29 is 4.74 Å². The van der Waals surface area contributed by atoms with E-state index < -0.39 is 0 Å². The molecule has 0 amide bonds. The third-order valence-electron chi connectivity index (χ3n) is 3.75. The highest BCUT2D eigenvalue weighted by Gasteiger charge is 2.17. The summed E-state index contributed by atoms with van der Waals surface area (Å²) >= 11 is 0. The fourth-order valence-electron chi connectivity index (χ4n) is 2.19. The van der Waals surface area contributed by atoms with Crippen LogP contribution in [0.1, 0.15) is 52.9 Å². The fourth-order valence-corrected chi connectivity index (χ4v) is 2.19. The van der Waals surface area contributed by atoms with E-state index in [1.807, 2.05) is 21.8 Å². The molecule has 0 atom stereocenters. The van der Waals surface area contributed by atoms with Crippen LogP contribution in [0.5, 0.6) is 0 Å². The third kappa shape index (κ3) is 5.20. The van der Waals surface area contributed by atoms with Gasteiger partial charge in [0.15, 0.2) is 0 Å². The van der Waals surface area contributed by atoms with Gasteiger partial charge in [-0.2, -0.15) is 10.2 Å². The van der Waals surface area contributed by atoms with Gasteiger partial charge in [-0.1, -0.05) is 41.5 Å². The first-order valence-corrected chi connectivity index (χ1v) is 8.32. The van der Waals surface area contributed by atoms with E-state index in [1.165, 1.54) is 0 Å². The average molecular weight is 318 g/mol. The Balaban J connectivity index is 1.70. The van der Waals surface area contributed by atoms with Crippen LogP contribution in [0.15, 0.2) is 24.5 Å². The van der Waals surface area contributed by atoms with Gasteiger partial charge in [-0.15, -0.1) is 0 Å². The number of nitrogens with zero attached hydrogens (tertiary/aromatic N) is 4. The Hall–Kier alpha value is -1.62. The monoisotopic (exact) mass is 318 g/mol. The van der Waals surface area contributed by atoms with Gasteiger partial charge in [0, 0.05) is 23.2 Å². The molecule has 128 valence electrons. The molecule has 5 heteroatoms. The SMILES string of the molecule is CC(C)(C)c1ccn(CCOCCn2ccc(C(C)(C)C)n2)n1. The van der Waals surface area contributed by atoms with E-state index in [9.17, 15) is 0 Å². The number of hydrogen-bond donors (Lipinski definition) is 0. The molecule has 2 heterocycles. The van der Waals surface area contributed by atoms with Crippen molar-refractivity contribution in [2.24, 2.45) is 0 Å². The Bertz CT molecular complexity index is 559. The Labute approximate surface area is 139 Å². The molecule has 0 bridgehead atoms. The molecule has 0 saturated carbocycles. The lowest BCUT2D eigenvalue weighted by Gasteiger charge is -2.14. The quantitative estimate of drug-likeness (QED) is 0.767. The van der Waals surface area contributed by atoms with E-state index in [-0.39, 0.29) is 10.8 Å². The van der Waals surface area contributed by atoms with Crippen LogP contribution in [-0.2, 0) is 28.7 Å². The fraction of sp³-hybridized carbons (Fsp3) is 0.667. The Kier molecular flexibility index (Phi) is 5.30. The predicted octanol–water partition coefficient (Wildman–Crippen LogP) is 3.39. The van der Waals surface area contributed by atoms with Crippen molar-refractivity contribution in [2.45, 2.75) is 65.5 Å². The Morgan fingerprint density at radius 2 is 1.17 bits per heavy atom. The van der Waals surface area contributed by atoms with Crippen molar-refractivity contribution in [2.75, 3.05) is 13.2 Å². The van der Waals surface area contributed by atoms with Crippen LogP contribution in [0, 0.1) is 0 Å². The normalized spacial score (nSPS) is 12.8. The van der Waals surface area contributed by atoms with Crippen LogP contribution in [0.3, 0.4) is 0 Å². The second-order valence-corrected chi connectivity index (χ2v) is 8.04. The largest absolute Gasteiger partial charge is 0.378 e. The van der Waals surface area contributed by atoms with Crippen LogP contribution in [-0.4, -0.2) is 32.8 Å². The minimum atomic E-state index is 0.0942. The summed E-state index contributed by atoms with van der Waals surface area (Å²) in [7, 11) is 0. The molecule has 2 aromatic rings. The summed E-state index contributed by atoms with van der Waals surface area (Å²) in [6.45, 7) is 15.9. The van der Waals surface area contributed by atoms with E-state index in [2.05, 4.69) is 63.9 Å². The van der Waals surface area contributed by atoms with E-state index in [4.69, 9.17) is 4.74 Å². The number of aromatic nitrogens is 4. The van der Waals surface area contributed by atoms with E-state index in [1.54, 1.807) is 0 Å². The van der Waals surface area contributed by atoms with E-state index in [0.717, 1.165) is 24.5 Å². The number of hydrogen-bond acceptors (Lipinski definition) is 3. The van der Waals surface area contributed by atoms with E-state index >= 15 is 0 Å². The van der Waals surface area contributed by atoms with Crippen molar-refractivity contribution >= 4 is 0 Å². The predicted molar refractivity (Wildman–Crippen MR) is 92.7 cm³/mol. The lowest BCUT2D eigenvalue weighted by atomic mass is 9.93. The summed E-state index contributed by atoms with van der Waals surface area (Å²) in [4.78, 5) is 0. The van der Waals surface area contributed by atoms with Gasteiger partial charge in [-0.05, 0) is 12.1 Å². The molecule has 0 aromatic carbocycles. The highest BCUT2D eigenvalue weighted by Crippen LogP contribution is 2.20. The minimum Gasteiger partial charge on any atom is -0.378 e. The van der Waals surface area contributed by atoms with Crippen molar-refractivity contribution in [3.05, 3.63) is 35.9 Å². The molecule has 2 aromatic heterocycles. The zero-order valence-corrected chi connectivity index (χ0v) is 15.3. The van der Waals surface area contributed by atoms with Gasteiger partial charge in [0.25, 0.3) is 0 Å². The summed E-state index contributed by atoms with van der Waals surface area (Å²) in [5, 5.41) is 9.17. The van der Waals surface area contributed by atoms with Gasteiger partial charge in [-0.3, -0.25) is 9.36 Å². The molecule has 0 aliphatic heterocycles. The maximum atomic E-state index is 5.71. The van der Waals surface area contributed by atoms with Crippen molar-refractivity contribution in [3.63, 3.8) is 0 Å². The van der Waals surface area contributed by atoms with Gasteiger partial charge in [0.2, 0.25) is 0 Å². The molecular weight excluding hydrogens is 288 g/mol. The van der Waals surface area contributed by atoms with Gasteiger partial charge in [0.05, 0.1) is 37.7 Å². The zero-order valence-electron chi connectivity index (χ0n) is 15.3. The Morgan fingerprint density at radius 1 is 0.783 bits per heavy atom. The van der Waals surface area contributed by atoms with E-state index in [0.29, 0.717) is 13.2 Å². The molecule has 2 rings (SSSR count). The van der Waals surface area contributed by atoms with Crippen LogP contribution < -0.4 is 0 Å². The molecule has 0 radical (unpaired) electrons. The molecule has 0 aliphatic carbocycles. The molecule has 0 fully saturated rings. The zero-order chi connectivity index (χ0) is 17.1. The molecule has 0 saturated heterocycles. The second kappa shape index (κ2) is 6.87. The first-order valence-electron chi connectivity index (χ1n) is 8.32. The first kappa shape index (κ1) is 17.7. The molecule has 0 unspecified atom stereocenters. The molecule has 0 aliphatic rings. The van der Waals surface area contributed by atoms with Gasteiger partial charge in [-0.25, -0.2) is 0 Å². The molecule has 5 nitrogen and oxygen atoms in total. The minimum absolute atomic E-state index is 0.0942. The number of rotatable bonds is 6. The van der Waals surface area contributed by atoms with Crippen LogP contribution >= 0.6 is 0 Å². The van der Waals surface area contributed by atoms with Crippen molar-refractivity contribution in [3.8, 4) is 0 Å². The average Bonchev–Trinajstić information content (AvgIpc) is 3.05. The second-order valence-electron chi connectivity index (χ2n) is 8.04. The molecule has 0 N–H and O–H groups in total. The van der Waals surface area contributed by atoms with Crippen LogP contribution in [0.25, 0.3) is 0 Å². The highest BCUT2D eigenvalue weighted by atomic mass is 16.5. The maximum Gasteiger partial charge on any atom is 0.0677 e.